The molecule has 2 aromatic carbocycles. The largest absolute Gasteiger partial charge is 0.508 e. The number of aromatic nitrogens is 2. The number of methoxy groups -OCH3 is 2. The second kappa shape index (κ2) is 8.03. The van der Waals surface area contributed by atoms with E-state index in [-0.39, 0.29) is 11.3 Å². The van der Waals surface area contributed by atoms with E-state index in [0.29, 0.717) is 60.5 Å². The van der Waals surface area contributed by atoms with Gasteiger partial charge < -0.3 is 30.0 Å². The fourth-order valence-corrected chi connectivity index (χ4v) is 3.47. The molecule has 1 aromatic heterocycles. The zero-order chi connectivity index (χ0) is 21.3. The molecule has 4 rings (SSSR count). The zero-order valence-electron chi connectivity index (χ0n) is 16.7. The van der Waals surface area contributed by atoms with E-state index in [4.69, 9.17) is 24.9 Å². The number of phenols is 1. The normalized spacial score (nSPS) is 14.0. The minimum absolute atomic E-state index is 0.0924. The van der Waals surface area contributed by atoms with E-state index in [1.807, 2.05) is 6.07 Å². The first kappa shape index (κ1) is 19.7. The quantitative estimate of drug-likeness (QED) is 0.655. The van der Waals surface area contributed by atoms with E-state index in [2.05, 4.69) is 9.88 Å². The molecule has 0 atom stereocenters. The molecule has 1 saturated heterocycles. The molecule has 30 heavy (non-hydrogen) atoms. The summed E-state index contributed by atoms with van der Waals surface area (Å²) in [6.45, 7) is 2.52. The summed E-state index contributed by atoms with van der Waals surface area (Å²) in [6.07, 6.45) is 0. The summed E-state index contributed by atoms with van der Waals surface area (Å²) in [4.78, 5) is 23.2. The van der Waals surface area contributed by atoms with Gasteiger partial charge in [0, 0.05) is 35.7 Å². The summed E-state index contributed by atoms with van der Waals surface area (Å²) in [6, 6.07) is 8.00. The number of carbonyl (C=O) groups excluding carboxylic acids is 1. The fourth-order valence-electron chi connectivity index (χ4n) is 3.47. The Kier molecular flexibility index (Phi) is 5.28. The van der Waals surface area contributed by atoms with Crippen molar-refractivity contribution in [1.82, 2.24) is 9.97 Å². The van der Waals surface area contributed by atoms with Crippen LogP contribution in [0, 0.1) is 0 Å². The van der Waals surface area contributed by atoms with E-state index >= 15 is 0 Å². The monoisotopic (exact) mass is 410 g/mol. The maximum atomic E-state index is 11.6. The van der Waals surface area contributed by atoms with E-state index in [1.54, 1.807) is 26.4 Å². The van der Waals surface area contributed by atoms with Gasteiger partial charge in [-0.2, -0.15) is 0 Å². The van der Waals surface area contributed by atoms with Crippen LogP contribution in [0.1, 0.15) is 10.4 Å². The minimum atomic E-state index is -0.646. The lowest BCUT2D eigenvalue weighted by Crippen LogP contribution is -2.37. The Labute approximate surface area is 173 Å². The van der Waals surface area contributed by atoms with Gasteiger partial charge in [-0.25, -0.2) is 9.97 Å². The van der Waals surface area contributed by atoms with Gasteiger partial charge in [-0.1, -0.05) is 0 Å². The average molecular weight is 410 g/mol. The van der Waals surface area contributed by atoms with Crippen molar-refractivity contribution in [2.75, 3.05) is 45.4 Å². The summed E-state index contributed by atoms with van der Waals surface area (Å²) >= 11 is 0. The van der Waals surface area contributed by atoms with Crippen molar-refractivity contribution in [1.29, 1.82) is 0 Å². The summed E-state index contributed by atoms with van der Waals surface area (Å²) in [5.74, 6) is 1.44. The molecule has 9 heteroatoms. The standard InChI is InChI=1S/C21H22N4O5/c1-28-17-10-15-16(11-18(17)29-2)23-20(24-21(15)25-3-5-30-6-4-25)13-7-12(19(22)27)8-14(26)9-13/h7-11,26H,3-6H2,1-2H3,(H2,22,27). The van der Waals surface area contributed by atoms with Gasteiger partial charge in [0.1, 0.15) is 11.6 Å². The molecule has 1 fully saturated rings. The number of fused-ring (bicyclic) bond motifs is 1. The maximum Gasteiger partial charge on any atom is 0.248 e. The van der Waals surface area contributed by atoms with Gasteiger partial charge in [-0.3, -0.25) is 4.79 Å². The molecule has 1 aliphatic heterocycles. The third-order valence-electron chi connectivity index (χ3n) is 4.95. The number of hydrogen-bond donors (Lipinski definition) is 2. The Morgan fingerprint density at radius 2 is 1.77 bits per heavy atom. The lowest BCUT2D eigenvalue weighted by Gasteiger charge is -2.29. The SMILES string of the molecule is COc1cc2nc(-c3cc(O)cc(C(N)=O)c3)nc(N3CCOCC3)c2cc1OC. The van der Waals surface area contributed by atoms with Gasteiger partial charge >= 0.3 is 0 Å². The summed E-state index contributed by atoms with van der Waals surface area (Å²) < 4.78 is 16.3. The Hall–Kier alpha value is -3.59. The van der Waals surface area contributed by atoms with E-state index < -0.39 is 5.91 Å². The molecule has 156 valence electrons. The molecule has 0 saturated carbocycles. The molecule has 2 heterocycles. The molecule has 3 aromatic rings. The van der Waals surface area contributed by atoms with Crippen molar-refractivity contribution in [2.24, 2.45) is 5.73 Å². The summed E-state index contributed by atoms with van der Waals surface area (Å²) in [5, 5.41) is 10.9. The number of ether oxygens (including phenoxy) is 3. The van der Waals surface area contributed by atoms with Crippen molar-refractivity contribution in [2.45, 2.75) is 0 Å². The van der Waals surface area contributed by atoms with Crippen molar-refractivity contribution in [3.8, 4) is 28.6 Å². The molecule has 0 spiro atoms. The Bertz CT molecular complexity index is 1110. The maximum absolute atomic E-state index is 11.6. The smallest absolute Gasteiger partial charge is 0.248 e. The zero-order valence-corrected chi connectivity index (χ0v) is 16.7. The molecule has 0 bridgehead atoms. The molecular weight excluding hydrogens is 388 g/mol. The van der Waals surface area contributed by atoms with Crippen LogP contribution in [0.4, 0.5) is 5.82 Å². The lowest BCUT2D eigenvalue weighted by atomic mass is 10.1. The van der Waals surface area contributed by atoms with Crippen LogP contribution in [-0.2, 0) is 4.74 Å². The highest BCUT2D eigenvalue weighted by Crippen LogP contribution is 2.37. The number of amides is 1. The number of aromatic hydroxyl groups is 1. The number of primary amides is 1. The third-order valence-corrected chi connectivity index (χ3v) is 4.95. The number of nitrogens with two attached hydrogens (primary N) is 1. The van der Waals surface area contributed by atoms with Crippen LogP contribution in [0.25, 0.3) is 22.3 Å². The molecule has 0 radical (unpaired) electrons. The topological polar surface area (TPSA) is 120 Å². The van der Waals surface area contributed by atoms with Crippen LogP contribution < -0.4 is 20.1 Å². The number of benzene rings is 2. The molecule has 3 N–H and O–H groups in total. The van der Waals surface area contributed by atoms with E-state index in [0.717, 1.165) is 5.39 Å². The second-order valence-corrected chi connectivity index (χ2v) is 6.83. The number of carbonyl (C=O) groups is 1. The van der Waals surface area contributed by atoms with Gasteiger partial charge in [-0.05, 0) is 24.3 Å². The Morgan fingerprint density at radius 3 is 2.43 bits per heavy atom. The van der Waals surface area contributed by atoms with Crippen LogP contribution >= 0.6 is 0 Å². The Morgan fingerprint density at radius 1 is 1.07 bits per heavy atom. The number of hydrogen-bond acceptors (Lipinski definition) is 8. The minimum Gasteiger partial charge on any atom is -0.508 e. The molecule has 0 unspecified atom stereocenters. The lowest BCUT2D eigenvalue weighted by molar-refractivity contribution is 0.1000. The Balaban J connectivity index is 1.96. The highest BCUT2D eigenvalue weighted by Gasteiger charge is 2.21. The van der Waals surface area contributed by atoms with Crippen LogP contribution in [0.3, 0.4) is 0 Å². The van der Waals surface area contributed by atoms with Crippen LogP contribution in [0.15, 0.2) is 30.3 Å². The predicted octanol–water partition coefficient (Wildman–Crippen LogP) is 1.96. The van der Waals surface area contributed by atoms with Crippen molar-refractivity contribution < 1.29 is 24.1 Å². The number of rotatable bonds is 5. The van der Waals surface area contributed by atoms with Crippen LogP contribution in [-0.4, -0.2) is 61.5 Å². The van der Waals surface area contributed by atoms with Gasteiger partial charge in [0.15, 0.2) is 17.3 Å². The van der Waals surface area contributed by atoms with Gasteiger partial charge in [0.25, 0.3) is 0 Å². The van der Waals surface area contributed by atoms with Gasteiger partial charge in [0.05, 0.1) is 33.0 Å². The summed E-state index contributed by atoms with van der Waals surface area (Å²) in [7, 11) is 3.13. The highest BCUT2D eigenvalue weighted by molar-refractivity contribution is 5.96. The first-order valence-electron chi connectivity index (χ1n) is 9.41. The number of morpholine rings is 1. The highest BCUT2D eigenvalue weighted by atomic mass is 16.5. The first-order valence-corrected chi connectivity index (χ1v) is 9.41. The fraction of sp³-hybridized carbons (Fsp3) is 0.286. The van der Waals surface area contributed by atoms with E-state index in [1.165, 1.54) is 12.1 Å². The molecule has 0 aliphatic carbocycles. The molecular formula is C21H22N4O5. The van der Waals surface area contributed by atoms with Crippen molar-refractivity contribution >= 4 is 22.6 Å². The number of anilines is 1. The first-order chi connectivity index (χ1) is 14.5. The van der Waals surface area contributed by atoms with Crippen LogP contribution in [0.5, 0.6) is 17.2 Å². The van der Waals surface area contributed by atoms with Crippen molar-refractivity contribution in [3.05, 3.63) is 35.9 Å². The van der Waals surface area contributed by atoms with Gasteiger partial charge in [-0.15, -0.1) is 0 Å². The van der Waals surface area contributed by atoms with E-state index in [9.17, 15) is 9.90 Å². The average Bonchev–Trinajstić information content (AvgIpc) is 2.77. The molecule has 1 amide bonds. The second-order valence-electron chi connectivity index (χ2n) is 6.83. The van der Waals surface area contributed by atoms with Crippen molar-refractivity contribution in [3.63, 3.8) is 0 Å². The van der Waals surface area contributed by atoms with Crippen LogP contribution in [0.2, 0.25) is 0 Å². The number of nitrogens with zero attached hydrogens (tertiary/aromatic N) is 3. The molecule has 1 aliphatic rings. The third kappa shape index (κ3) is 3.67. The molecule has 9 nitrogen and oxygen atoms in total. The number of phenolic OH excluding ortho intramolecular Hbond substituents is 1. The summed E-state index contributed by atoms with van der Waals surface area (Å²) in [5.41, 5.74) is 6.69. The predicted molar refractivity (Wildman–Crippen MR) is 111 cm³/mol. The van der Waals surface area contributed by atoms with Gasteiger partial charge in [0.2, 0.25) is 5.91 Å².